The summed E-state index contributed by atoms with van der Waals surface area (Å²) in [4.78, 5) is 15.2. The van der Waals surface area contributed by atoms with Crippen molar-refractivity contribution in [3.63, 3.8) is 0 Å². The number of hydrogen-bond acceptors (Lipinski definition) is 5. The summed E-state index contributed by atoms with van der Waals surface area (Å²) in [5.74, 6) is 1.73. The van der Waals surface area contributed by atoms with E-state index < -0.39 is 0 Å². The second kappa shape index (κ2) is 10.7. The molecule has 4 aromatic heterocycles. The molecule has 0 aliphatic carbocycles. The molecule has 11 rings (SSSR count). The average molecular weight is 655 g/mol. The van der Waals surface area contributed by atoms with E-state index in [4.69, 9.17) is 23.8 Å². The van der Waals surface area contributed by atoms with Gasteiger partial charge in [-0.3, -0.25) is 4.57 Å². The van der Waals surface area contributed by atoms with Crippen LogP contribution in [0.15, 0.2) is 167 Å². The molecule has 0 amide bonds. The highest BCUT2D eigenvalue weighted by atomic mass is 16.3. The Morgan fingerprint density at radius 3 is 1.82 bits per heavy atom. The molecule has 6 nitrogen and oxygen atoms in total. The zero-order valence-electron chi connectivity index (χ0n) is 27.1. The molecule has 238 valence electrons. The van der Waals surface area contributed by atoms with Gasteiger partial charge in [0.05, 0.1) is 11.0 Å². The van der Waals surface area contributed by atoms with Gasteiger partial charge in [0.1, 0.15) is 22.3 Å². The van der Waals surface area contributed by atoms with Gasteiger partial charge in [-0.1, -0.05) is 121 Å². The van der Waals surface area contributed by atoms with Gasteiger partial charge in [-0.15, -0.1) is 0 Å². The van der Waals surface area contributed by atoms with E-state index in [0.717, 1.165) is 87.9 Å². The Morgan fingerprint density at radius 1 is 0.392 bits per heavy atom. The molecule has 0 unspecified atom stereocenters. The Bertz CT molecular complexity index is 3100. The number of rotatable bonds is 4. The lowest BCUT2D eigenvalue weighted by Gasteiger charge is -2.10. The summed E-state index contributed by atoms with van der Waals surface area (Å²) < 4.78 is 15.1. The van der Waals surface area contributed by atoms with Gasteiger partial charge < -0.3 is 8.83 Å². The van der Waals surface area contributed by atoms with Crippen LogP contribution in [0.2, 0.25) is 0 Å². The number of benzene rings is 7. The Hall–Kier alpha value is -7.05. The zero-order valence-corrected chi connectivity index (χ0v) is 27.1. The Balaban J connectivity index is 1.13. The van der Waals surface area contributed by atoms with Gasteiger partial charge in [-0.05, 0) is 42.0 Å². The summed E-state index contributed by atoms with van der Waals surface area (Å²) >= 11 is 0. The molecule has 11 aromatic rings. The minimum atomic E-state index is 0.559. The fraction of sp³-hybridized carbons (Fsp3) is 0. The summed E-state index contributed by atoms with van der Waals surface area (Å²) in [5.41, 5.74) is 9.23. The molecule has 4 heterocycles. The van der Waals surface area contributed by atoms with E-state index in [1.54, 1.807) is 0 Å². The molecule has 0 fully saturated rings. The summed E-state index contributed by atoms with van der Waals surface area (Å²) in [5, 5.41) is 6.54. The second-order valence-electron chi connectivity index (χ2n) is 12.8. The first kappa shape index (κ1) is 27.9. The summed E-state index contributed by atoms with van der Waals surface area (Å²) in [6.07, 6.45) is 0. The van der Waals surface area contributed by atoms with Crippen molar-refractivity contribution in [2.75, 3.05) is 0 Å². The normalized spacial score (nSPS) is 11.9. The molecule has 0 N–H and O–H groups in total. The molecule has 0 bridgehead atoms. The number of nitrogens with zero attached hydrogens (tertiary/aromatic N) is 4. The van der Waals surface area contributed by atoms with E-state index in [1.807, 2.05) is 60.7 Å². The summed E-state index contributed by atoms with van der Waals surface area (Å²) in [7, 11) is 0. The quantitative estimate of drug-likeness (QED) is 0.189. The third-order valence-electron chi connectivity index (χ3n) is 9.89. The van der Waals surface area contributed by atoms with Crippen molar-refractivity contribution in [3.8, 4) is 39.9 Å². The monoisotopic (exact) mass is 654 g/mol. The predicted molar refractivity (Wildman–Crippen MR) is 205 cm³/mol. The third-order valence-corrected chi connectivity index (χ3v) is 9.89. The van der Waals surface area contributed by atoms with Crippen LogP contribution in [0.5, 0.6) is 0 Å². The lowest BCUT2D eigenvalue weighted by molar-refractivity contribution is 0.668. The van der Waals surface area contributed by atoms with E-state index in [9.17, 15) is 0 Å². The van der Waals surface area contributed by atoms with Crippen molar-refractivity contribution in [2.45, 2.75) is 0 Å². The first-order chi connectivity index (χ1) is 25.3. The largest absolute Gasteiger partial charge is 0.456 e. The van der Waals surface area contributed by atoms with Crippen molar-refractivity contribution in [1.29, 1.82) is 0 Å². The highest BCUT2D eigenvalue weighted by molar-refractivity contribution is 6.17. The molecule has 51 heavy (non-hydrogen) atoms. The Morgan fingerprint density at radius 2 is 1.02 bits per heavy atom. The molecular weight excluding hydrogens is 629 g/mol. The van der Waals surface area contributed by atoms with Crippen molar-refractivity contribution in [1.82, 2.24) is 19.5 Å². The first-order valence-corrected chi connectivity index (χ1v) is 16.9. The molecule has 0 saturated carbocycles. The van der Waals surface area contributed by atoms with Gasteiger partial charge in [-0.2, -0.15) is 9.97 Å². The fourth-order valence-electron chi connectivity index (χ4n) is 7.60. The van der Waals surface area contributed by atoms with Gasteiger partial charge >= 0.3 is 0 Å². The van der Waals surface area contributed by atoms with Gasteiger partial charge in [0.15, 0.2) is 11.6 Å². The first-order valence-electron chi connectivity index (χ1n) is 16.9. The van der Waals surface area contributed by atoms with Crippen LogP contribution < -0.4 is 0 Å². The number of furan rings is 2. The van der Waals surface area contributed by atoms with Crippen LogP contribution in [0.4, 0.5) is 0 Å². The highest BCUT2D eigenvalue weighted by Gasteiger charge is 2.20. The molecule has 0 saturated heterocycles. The van der Waals surface area contributed by atoms with Crippen LogP contribution >= 0.6 is 0 Å². The third kappa shape index (κ3) is 4.20. The molecule has 7 aromatic carbocycles. The SMILES string of the molecule is c1ccc(-c2nc(-c3ccc4c(c3)oc3c(-c5cccc6oc7ccccc7c56)cccc34)nc(-n3c4ccccc4c4ccccc43)n2)cc1. The molecular formula is C45H26N4O2. The van der Waals surface area contributed by atoms with Crippen LogP contribution in [0.25, 0.3) is 106 Å². The maximum Gasteiger partial charge on any atom is 0.238 e. The molecule has 0 radical (unpaired) electrons. The molecule has 0 atom stereocenters. The average Bonchev–Trinajstić information content (AvgIpc) is 3.87. The van der Waals surface area contributed by atoms with Gasteiger partial charge in [0, 0.05) is 49.0 Å². The summed E-state index contributed by atoms with van der Waals surface area (Å²) in [6, 6.07) is 53.8. The standard InChI is InChI=1S/C45H26N4O2/c1-2-12-27(13-3-1)43-46-44(48-45(47-43)49-36-20-7-4-14-29(36)30-15-5-8-21-37(30)49)28-24-25-31-33-18-10-19-34(42(33)51-40(31)26-28)32-17-11-23-39-41(32)35-16-6-9-22-38(35)50-39/h1-26H. The van der Waals surface area contributed by atoms with Crippen LogP contribution in [0.1, 0.15) is 0 Å². The van der Waals surface area contributed by atoms with Crippen molar-refractivity contribution >= 4 is 65.7 Å². The van der Waals surface area contributed by atoms with Gasteiger partial charge in [0.2, 0.25) is 5.95 Å². The van der Waals surface area contributed by atoms with Crippen LogP contribution in [0.3, 0.4) is 0 Å². The molecule has 0 aliphatic heterocycles. The van der Waals surface area contributed by atoms with Gasteiger partial charge in [-0.25, -0.2) is 4.98 Å². The van der Waals surface area contributed by atoms with Crippen molar-refractivity contribution in [3.05, 3.63) is 158 Å². The maximum atomic E-state index is 6.76. The zero-order chi connectivity index (χ0) is 33.5. The number of fused-ring (bicyclic) bond motifs is 9. The van der Waals surface area contributed by atoms with E-state index in [1.165, 1.54) is 0 Å². The van der Waals surface area contributed by atoms with Crippen LogP contribution in [0, 0.1) is 0 Å². The minimum Gasteiger partial charge on any atom is -0.456 e. The lowest BCUT2D eigenvalue weighted by Crippen LogP contribution is -2.06. The number of aromatic nitrogens is 4. The van der Waals surface area contributed by atoms with Crippen molar-refractivity contribution in [2.24, 2.45) is 0 Å². The highest BCUT2D eigenvalue weighted by Crippen LogP contribution is 2.42. The van der Waals surface area contributed by atoms with Crippen LogP contribution in [-0.4, -0.2) is 19.5 Å². The minimum absolute atomic E-state index is 0.559. The van der Waals surface area contributed by atoms with Crippen LogP contribution in [-0.2, 0) is 0 Å². The van der Waals surface area contributed by atoms with Crippen molar-refractivity contribution < 1.29 is 8.83 Å². The Labute approximate surface area is 290 Å². The van der Waals surface area contributed by atoms with E-state index >= 15 is 0 Å². The summed E-state index contributed by atoms with van der Waals surface area (Å²) in [6.45, 7) is 0. The number of para-hydroxylation sites is 4. The van der Waals surface area contributed by atoms with Gasteiger partial charge in [0.25, 0.3) is 0 Å². The molecule has 6 heteroatoms. The number of hydrogen-bond donors (Lipinski definition) is 0. The Kier molecular flexibility index (Phi) is 5.86. The topological polar surface area (TPSA) is 69.9 Å². The lowest BCUT2D eigenvalue weighted by atomic mass is 9.97. The molecule has 0 spiro atoms. The second-order valence-corrected chi connectivity index (χ2v) is 12.8. The van der Waals surface area contributed by atoms with E-state index in [2.05, 4.69) is 102 Å². The van der Waals surface area contributed by atoms with E-state index in [0.29, 0.717) is 17.6 Å². The smallest absolute Gasteiger partial charge is 0.238 e. The molecule has 0 aliphatic rings. The predicted octanol–water partition coefficient (Wildman–Crippen LogP) is 11.8. The van der Waals surface area contributed by atoms with E-state index in [-0.39, 0.29) is 0 Å². The maximum absolute atomic E-state index is 6.76. The fourth-order valence-corrected chi connectivity index (χ4v) is 7.60.